The molecule has 2 aliphatic heterocycles. The monoisotopic (exact) mass is 514 g/mol. The molecule has 3 aromatic heterocycles. The third-order valence-corrected chi connectivity index (χ3v) is 7.39. The minimum Gasteiger partial charge on any atom is -0.493 e. The number of rotatable bonds is 6. The Morgan fingerprint density at radius 3 is 2.84 bits per heavy atom. The molecule has 2 saturated heterocycles. The molecule has 0 radical (unpaired) electrons. The van der Waals surface area contributed by atoms with Crippen molar-refractivity contribution in [3.05, 3.63) is 53.5 Å². The number of piperazine rings is 1. The van der Waals surface area contributed by atoms with Crippen molar-refractivity contribution in [3.63, 3.8) is 0 Å². The molecule has 196 valence electrons. The molecule has 11 heteroatoms. The summed E-state index contributed by atoms with van der Waals surface area (Å²) in [5.74, 6) is 2.17. The van der Waals surface area contributed by atoms with Gasteiger partial charge in [-0.1, -0.05) is 0 Å². The van der Waals surface area contributed by atoms with Crippen LogP contribution in [0.15, 0.2) is 36.7 Å². The summed E-state index contributed by atoms with van der Waals surface area (Å²) in [4.78, 5) is 20.8. The first kappa shape index (κ1) is 24.0. The Labute approximate surface area is 220 Å². The van der Waals surface area contributed by atoms with Crippen LogP contribution in [0.3, 0.4) is 0 Å². The van der Waals surface area contributed by atoms with Gasteiger partial charge in [-0.15, -0.1) is 0 Å². The summed E-state index contributed by atoms with van der Waals surface area (Å²) in [5, 5.41) is 19.8. The van der Waals surface area contributed by atoms with Crippen LogP contribution in [0, 0.1) is 13.8 Å². The zero-order valence-electron chi connectivity index (χ0n) is 21.9. The van der Waals surface area contributed by atoms with Gasteiger partial charge < -0.3 is 24.6 Å². The molecule has 2 fully saturated rings. The van der Waals surface area contributed by atoms with E-state index in [0.29, 0.717) is 31.9 Å². The molecule has 0 bridgehead atoms. The summed E-state index contributed by atoms with van der Waals surface area (Å²) >= 11 is 0. The minimum absolute atomic E-state index is 0.00999. The lowest BCUT2D eigenvalue weighted by Gasteiger charge is -2.37. The van der Waals surface area contributed by atoms with E-state index in [9.17, 15) is 4.79 Å². The number of aryl methyl sites for hydroxylation is 2. The fourth-order valence-electron chi connectivity index (χ4n) is 5.53. The molecule has 2 atom stereocenters. The lowest BCUT2D eigenvalue weighted by atomic mass is 10.0. The summed E-state index contributed by atoms with van der Waals surface area (Å²) < 4.78 is 12.1. The van der Waals surface area contributed by atoms with E-state index in [1.54, 1.807) is 13.3 Å². The van der Waals surface area contributed by atoms with Gasteiger partial charge in [0.2, 0.25) is 0 Å². The van der Waals surface area contributed by atoms with Crippen LogP contribution in [-0.4, -0.2) is 75.6 Å². The number of hydrogen-bond acceptors (Lipinski definition) is 8. The first-order valence-electron chi connectivity index (χ1n) is 12.7. The topological polar surface area (TPSA) is 121 Å². The summed E-state index contributed by atoms with van der Waals surface area (Å²) in [7, 11) is 1.65. The van der Waals surface area contributed by atoms with Gasteiger partial charge in [-0.2, -0.15) is 15.3 Å². The van der Waals surface area contributed by atoms with Crippen molar-refractivity contribution in [3.8, 4) is 22.8 Å². The number of hydrogen-bond donors (Lipinski definition) is 2. The molecule has 5 heterocycles. The van der Waals surface area contributed by atoms with E-state index in [0.717, 1.165) is 50.5 Å². The van der Waals surface area contributed by atoms with Gasteiger partial charge in [0, 0.05) is 48.9 Å². The predicted molar refractivity (Wildman–Crippen MR) is 143 cm³/mol. The number of urea groups is 1. The van der Waals surface area contributed by atoms with Gasteiger partial charge in [-0.05, 0) is 50.6 Å². The third-order valence-electron chi connectivity index (χ3n) is 7.39. The zero-order valence-corrected chi connectivity index (χ0v) is 21.9. The number of nitrogens with one attached hydrogen (secondary N) is 2. The van der Waals surface area contributed by atoms with Gasteiger partial charge in [0.25, 0.3) is 0 Å². The predicted octanol–water partition coefficient (Wildman–Crippen LogP) is 3.39. The second-order valence-electron chi connectivity index (χ2n) is 9.80. The number of pyridine rings is 1. The number of carbonyl (C=O) groups is 1. The molecular weight excluding hydrogens is 484 g/mol. The molecule has 6 rings (SSSR count). The van der Waals surface area contributed by atoms with Crippen LogP contribution in [0.1, 0.15) is 29.8 Å². The van der Waals surface area contributed by atoms with Crippen LogP contribution in [0.25, 0.3) is 22.2 Å². The van der Waals surface area contributed by atoms with Crippen LogP contribution in [0.5, 0.6) is 11.5 Å². The lowest BCUT2D eigenvalue weighted by Crippen LogP contribution is -2.52. The molecule has 0 saturated carbocycles. The maximum absolute atomic E-state index is 12.0. The van der Waals surface area contributed by atoms with E-state index in [2.05, 4.69) is 30.6 Å². The van der Waals surface area contributed by atoms with E-state index in [1.807, 2.05) is 56.1 Å². The number of ether oxygens (including phenoxy) is 2. The quantitative estimate of drug-likeness (QED) is 0.402. The highest BCUT2D eigenvalue weighted by Gasteiger charge is 2.36. The first-order chi connectivity index (χ1) is 18.4. The Balaban J connectivity index is 1.28. The Hall–Kier alpha value is -4.41. The summed E-state index contributed by atoms with van der Waals surface area (Å²) in [6.07, 6.45) is 3.39. The number of fused-ring (bicyclic) bond motifs is 2. The van der Waals surface area contributed by atoms with Gasteiger partial charge in [-0.3, -0.25) is 5.10 Å². The highest BCUT2D eigenvalue weighted by Crippen LogP contribution is 2.36. The number of aromatic nitrogens is 5. The van der Waals surface area contributed by atoms with Crippen molar-refractivity contribution in [1.82, 2.24) is 35.6 Å². The minimum atomic E-state index is -0.190. The Bertz CT molecular complexity index is 1500. The van der Waals surface area contributed by atoms with Crippen molar-refractivity contribution in [2.45, 2.75) is 32.9 Å². The fourth-order valence-corrected chi connectivity index (χ4v) is 5.53. The Morgan fingerprint density at radius 1 is 1.16 bits per heavy atom. The molecule has 11 nitrogen and oxygen atoms in total. The van der Waals surface area contributed by atoms with Crippen molar-refractivity contribution in [1.29, 1.82) is 0 Å². The Kier molecular flexibility index (Phi) is 5.97. The number of carbonyl (C=O) groups excluding carboxylic acids is 1. The number of aromatic amines is 1. The highest BCUT2D eigenvalue weighted by atomic mass is 16.5. The van der Waals surface area contributed by atoms with E-state index >= 15 is 0 Å². The standard InChI is InChI=1S/C27H30N8O3/c1-15-11-30-31-16(2)24(15)17(3)38-20-5-6-22-21(10-20)25(33-32-22)18-9-23(37-4)26(28-12-18)34-7-8-35-19(14-34)13-29-27(35)36/h5-6,9-12,17,19H,7-8,13-14H2,1-4H3,(H,29,36)(H,32,33)/t17-,19?/m1/s1. The second kappa shape index (κ2) is 9.47. The maximum atomic E-state index is 12.0. The van der Waals surface area contributed by atoms with E-state index in [4.69, 9.17) is 14.5 Å². The van der Waals surface area contributed by atoms with Crippen LogP contribution >= 0.6 is 0 Å². The van der Waals surface area contributed by atoms with Crippen molar-refractivity contribution in [2.24, 2.45) is 0 Å². The van der Waals surface area contributed by atoms with Crippen LogP contribution in [0.2, 0.25) is 0 Å². The van der Waals surface area contributed by atoms with Gasteiger partial charge in [0.15, 0.2) is 11.6 Å². The van der Waals surface area contributed by atoms with E-state index < -0.39 is 0 Å². The molecule has 2 amide bonds. The SMILES string of the molecule is COc1cc(-c2n[nH]c3ccc(O[C@H](C)c4c(C)cnnc4C)cc23)cnc1N1CCN2C(=O)NCC2C1. The average Bonchev–Trinajstić information content (AvgIpc) is 3.51. The average molecular weight is 515 g/mol. The van der Waals surface area contributed by atoms with Gasteiger partial charge in [-0.25, -0.2) is 9.78 Å². The molecule has 2 aliphatic rings. The van der Waals surface area contributed by atoms with Crippen LogP contribution in [0.4, 0.5) is 10.6 Å². The molecule has 2 N–H and O–H groups in total. The lowest BCUT2D eigenvalue weighted by molar-refractivity contribution is 0.197. The van der Waals surface area contributed by atoms with E-state index in [-0.39, 0.29) is 18.2 Å². The van der Waals surface area contributed by atoms with Gasteiger partial charge >= 0.3 is 6.03 Å². The summed E-state index contributed by atoms with van der Waals surface area (Å²) in [5.41, 5.74) is 5.45. The molecule has 1 aromatic carbocycles. The number of benzene rings is 1. The van der Waals surface area contributed by atoms with Crippen molar-refractivity contribution < 1.29 is 14.3 Å². The van der Waals surface area contributed by atoms with E-state index in [1.165, 1.54) is 0 Å². The number of H-pyrrole nitrogens is 1. The summed E-state index contributed by atoms with van der Waals surface area (Å²) in [6.45, 7) is 8.68. The molecule has 0 aliphatic carbocycles. The highest BCUT2D eigenvalue weighted by molar-refractivity contribution is 5.94. The number of methoxy groups -OCH3 is 1. The number of nitrogens with zero attached hydrogens (tertiary/aromatic N) is 6. The first-order valence-corrected chi connectivity index (χ1v) is 12.7. The van der Waals surface area contributed by atoms with Gasteiger partial charge in [0.05, 0.1) is 30.6 Å². The normalized spacial score (nSPS) is 17.9. The van der Waals surface area contributed by atoms with Crippen molar-refractivity contribution >= 4 is 22.8 Å². The third kappa shape index (κ3) is 4.13. The zero-order chi connectivity index (χ0) is 26.4. The number of amides is 2. The largest absolute Gasteiger partial charge is 0.493 e. The smallest absolute Gasteiger partial charge is 0.317 e. The van der Waals surface area contributed by atoms with Crippen molar-refractivity contribution in [2.75, 3.05) is 38.2 Å². The van der Waals surface area contributed by atoms with Crippen LogP contribution < -0.4 is 19.7 Å². The molecule has 38 heavy (non-hydrogen) atoms. The molecule has 4 aromatic rings. The summed E-state index contributed by atoms with van der Waals surface area (Å²) in [6, 6.07) is 8.00. The maximum Gasteiger partial charge on any atom is 0.317 e. The molecule has 0 spiro atoms. The Morgan fingerprint density at radius 2 is 2.03 bits per heavy atom. The van der Waals surface area contributed by atoms with Crippen LogP contribution in [-0.2, 0) is 0 Å². The fraction of sp³-hybridized carbons (Fsp3) is 0.370. The molecular formula is C27H30N8O3. The second-order valence-corrected chi connectivity index (χ2v) is 9.80. The van der Waals surface area contributed by atoms with Gasteiger partial charge in [0.1, 0.15) is 17.5 Å². The molecule has 1 unspecified atom stereocenters. The number of anilines is 1.